The maximum absolute atomic E-state index is 13.6. The molecule has 1 saturated heterocycles. The van der Waals surface area contributed by atoms with E-state index in [4.69, 9.17) is 5.73 Å². The van der Waals surface area contributed by atoms with Crippen LogP contribution in [-0.2, 0) is 6.54 Å². The van der Waals surface area contributed by atoms with Crippen LogP contribution in [0.1, 0.15) is 18.4 Å². The Balaban J connectivity index is 0.00000133. The second-order valence-corrected chi connectivity index (χ2v) is 5.59. The summed E-state index contributed by atoms with van der Waals surface area (Å²) in [7, 11) is 0. The molecule has 1 saturated carbocycles. The minimum absolute atomic E-state index is 0. The van der Waals surface area contributed by atoms with E-state index in [0.29, 0.717) is 23.9 Å². The molecule has 0 bridgehead atoms. The van der Waals surface area contributed by atoms with Gasteiger partial charge in [0.05, 0.1) is 0 Å². The Hall–Kier alpha value is -0.710. The van der Waals surface area contributed by atoms with E-state index in [-0.39, 0.29) is 30.1 Å². The lowest BCUT2D eigenvalue weighted by Gasteiger charge is -2.18. The average Bonchev–Trinajstić information content (AvgIpc) is 2.87. The largest absolute Gasteiger partial charge is 0.327 e. The number of benzene rings is 1. The van der Waals surface area contributed by atoms with Crippen molar-refractivity contribution in [3.63, 3.8) is 0 Å². The van der Waals surface area contributed by atoms with Crippen LogP contribution in [0.4, 0.5) is 8.78 Å². The quantitative estimate of drug-likeness (QED) is 0.906. The van der Waals surface area contributed by atoms with E-state index in [2.05, 4.69) is 4.90 Å². The van der Waals surface area contributed by atoms with E-state index in [1.807, 2.05) is 0 Å². The third kappa shape index (κ3) is 2.91. The number of hydrogen-bond acceptors (Lipinski definition) is 2. The van der Waals surface area contributed by atoms with Crippen LogP contribution in [-0.4, -0.2) is 24.0 Å². The summed E-state index contributed by atoms with van der Waals surface area (Å²) in [6.45, 7) is 2.37. The lowest BCUT2D eigenvalue weighted by molar-refractivity contribution is 0.293. The van der Waals surface area contributed by atoms with Gasteiger partial charge in [0.1, 0.15) is 11.6 Å². The fourth-order valence-electron chi connectivity index (χ4n) is 3.43. The minimum Gasteiger partial charge on any atom is -0.327 e. The summed E-state index contributed by atoms with van der Waals surface area (Å²) < 4.78 is 26.7. The fraction of sp³-hybridized carbons (Fsp3) is 0.571. The normalized spacial score (nSPS) is 30.2. The van der Waals surface area contributed by atoms with E-state index >= 15 is 0 Å². The number of likely N-dealkylation sites (tertiary alicyclic amines) is 1. The van der Waals surface area contributed by atoms with Crippen LogP contribution < -0.4 is 5.73 Å². The molecule has 1 aromatic rings. The first-order valence-electron chi connectivity index (χ1n) is 6.55. The van der Waals surface area contributed by atoms with Gasteiger partial charge < -0.3 is 5.73 Å². The predicted molar refractivity (Wildman–Crippen MR) is 73.1 cm³/mol. The second kappa shape index (κ2) is 5.73. The van der Waals surface area contributed by atoms with E-state index in [1.165, 1.54) is 18.6 Å². The van der Waals surface area contributed by atoms with Gasteiger partial charge in [0.15, 0.2) is 0 Å². The molecular formula is C14H19ClF2N2. The van der Waals surface area contributed by atoms with Crippen LogP contribution in [0.25, 0.3) is 0 Å². The van der Waals surface area contributed by atoms with Gasteiger partial charge in [0.2, 0.25) is 0 Å². The van der Waals surface area contributed by atoms with Crippen molar-refractivity contribution in [1.82, 2.24) is 4.90 Å². The van der Waals surface area contributed by atoms with Crippen LogP contribution in [0.2, 0.25) is 0 Å². The first-order chi connectivity index (χ1) is 8.63. The third-order valence-electron chi connectivity index (χ3n) is 4.39. The van der Waals surface area contributed by atoms with E-state index < -0.39 is 0 Å². The summed E-state index contributed by atoms with van der Waals surface area (Å²) >= 11 is 0. The summed E-state index contributed by atoms with van der Waals surface area (Å²) in [4.78, 5) is 2.20. The number of halogens is 3. The Kier molecular flexibility index (Phi) is 4.43. The molecule has 106 valence electrons. The molecule has 2 nitrogen and oxygen atoms in total. The summed E-state index contributed by atoms with van der Waals surface area (Å²) in [5, 5.41) is 0. The molecule has 1 aliphatic heterocycles. The molecule has 0 radical (unpaired) electrons. The van der Waals surface area contributed by atoms with Gasteiger partial charge in [-0.1, -0.05) is 0 Å². The average molecular weight is 289 g/mol. The van der Waals surface area contributed by atoms with Crippen molar-refractivity contribution < 1.29 is 8.78 Å². The monoisotopic (exact) mass is 288 g/mol. The molecule has 3 rings (SSSR count). The van der Waals surface area contributed by atoms with Crippen LogP contribution in [0.5, 0.6) is 0 Å². The van der Waals surface area contributed by atoms with Gasteiger partial charge in [0.25, 0.3) is 0 Å². The Morgan fingerprint density at radius 2 is 2.00 bits per heavy atom. The summed E-state index contributed by atoms with van der Waals surface area (Å²) in [6.07, 6.45) is 2.28. The van der Waals surface area contributed by atoms with Crippen LogP contribution in [0, 0.1) is 23.5 Å². The second-order valence-electron chi connectivity index (χ2n) is 5.59. The smallest absolute Gasteiger partial charge is 0.127 e. The molecule has 1 aromatic carbocycles. The van der Waals surface area contributed by atoms with Gasteiger partial charge in [-0.25, -0.2) is 8.78 Å². The van der Waals surface area contributed by atoms with Gasteiger partial charge in [-0.2, -0.15) is 0 Å². The fourth-order valence-corrected chi connectivity index (χ4v) is 3.43. The summed E-state index contributed by atoms with van der Waals surface area (Å²) in [5.41, 5.74) is 6.52. The highest BCUT2D eigenvalue weighted by molar-refractivity contribution is 5.85. The Morgan fingerprint density at radius 1 is 1.21 bits per heavy atom. The molecule has 1 aliphatic carbocycles. The van der Waals surface area contributed by atoms with Gasteiger partial charge in [-0.3, -0.25) is 4.90 Å². The van der Waals surface area contributed by atoms with Gasteiger partial charge in [-0.05, 0) is 42.9 Å². The molecule has 1 heterocycles. The molecule has 0 aromatic heterocycles. The van der Waals surface area contributed by atoms with E-state index in [1.54, 1.807) is 0 Å². The molecule has 19 heavy (non-hydrogen) atoms. The van der Waals surface area contributed by atoms with Crippen LogP contribution in [0.15, 0.2) is 18.2 Å². The summed E-state index contributed by atoms with van der Waals surface area (Å²) in [5.74, 6) is 0.499. The molecule has 0 amide bonds. The van der Waals surface area contributed by atoms with Gasteiger partial charge in [-0.15, -0.1) is 12.4 Å². The SMILES string of the molecule is Cl.NC1CCC2CN(Cc3cc(F)ccc3F)CC12. The zero-order valence-corrected chi connectivity index (χ0v) is 11.5. The highest BCUT2D eigenvalue weighted by Crippen LogP contribution is 2.37. The first kappa shape index (κ1) is 14.7. The molecule has 0 spiro atoms. The number of fused-ring (bicyclic) bond motifs is 1. The van der Waals surface area contributed by atoms with E-state index in [0.717, 1.165) is 25.6 Å². The lowest BCUT2D eigenvalue weighted by atomic mass is 9.98. The Morgan fingerprint density at radius 3 is 2.74 bits per heavy atom. The highest BCUT2D eigenvalue weighted by Gasteiger charge is 2.40. The Bertz CT molecular complexity index is 455. The van der Waals surface area contributed by atoms with Crippen LogP contribution in [0.3, 0.4) is 0 Å². The van der Waals surface area contributed by atoms with Crippen molar-refractivity contribution >= 4 is 12.4 Å². The van der Waals surface area contributed by atoms with Crippen molar-refractivity contribution in [3.8, 4) is 0 Å². The van der Waals surface area contributed by atoms with Crippen molar-refractivity contribution in [2.75, 3.05) is 13.1 Å². The third-order valence-corrected chi connectivity index (χ3v) is 4.39. The van der Waals surface area contributed by atoms with Crippen molar-refractivity contribution in [2.24, 2.45) is 17.6 Å². The molecule has 5 heteroatoms. The molecule has 3 unspecified atom stereocenters. The zero-order chi connectivity index (χ0) is 12.7. The maximum Gasteiger partial charge on any atom is 0.127 e. The molecule has 2 aliphatic rings. The van der Waals surface area contributed by atoms with E-state index in [9.17, 15) is 8.78 Å². The van der Waals surface area contributed by atoms with Crippen molar-refractivity contribution in [2.45, 2.75) is 25.4 Å². The maximum atomic E-state index is 13.6. The lowest BCUT2D eigenvalue weighted by Crippen LogP contribution is -2.30. The number of rotatable bonds is 2. The highest BCUT2D eigenvalue weighted by atomic mass is 35.5. The Labute approximate surface area is 118 Å². The van der Waals surface area contributed by atoms with Crippen molar-refractivity contribution in [1.29, 1.82) is 0 Å². The van der Waals surface area contributed by atoms with Crippen LogP contribution >= 0.6 is 12.4 Å². The molecular weight excluding hydrogens is 270 g/mol. The topological polar surface area (TPSA) is 29.3 Å². The number of nitrogens with zero attached hydrogens (tertiary/aromatic N) is 1. The molecule has 2 fully saturated rings. The number of hydrogen-bond donors (Lipinski definition) is 1. The zero-order valence-electron chi connectivity index (χ0n) is 10.7. The molecule has 2 N–H and O–H groups in total. The van der Waals surface area contributed by atoms with Crippen molar-refractivity contribution in [3.05, 3.63) is 35.4 Å². The first-order valence-corrected chi connectivity index (χ1v) is 6.55. The van der Waals surface area contributed by atoms with Gasteiger partial charge in [0, 0.05) is 31.2 Å². The minimum atomic E-state index is -0.373. The molecule has 3 atom stereocenters. The standard InChI is InChI=1S/C14H18F2N2.ClH/c15-11-2-3-13(16)10(5-11)7-18-6-9-1-4-14(17)12(9)8-18;/h2-3,5,9,12,14H,1,4,6-8,17H2;1H. The number of nitrogens with two attached hydrogens (primary N) is 1. The summed E-state index contributed by atoms with van der Waals surface area (Å²) in [6, 6.07) is 3.95. The predicted octanol–water partition coefficient (Wildman–Crippen LogP) is 2.56. The van der Waals surface area contributed by atoms with Gasteiger partial charge >= 0.3 is 0 Å².